The molecular weight excluding hydrogens is 198 g/mol. The molecular formula is C10H19NO4. The van der Waals surface area contributed by atoms with Gasteiger partial charge in [0.15, 0.2) is 0 Å². The largest absolute Gasteiger partial charge is 0.468 e. The quantitative estimate of drug-likeness (QED) is 0.651. The molecule has 1 aliphatic rings. The lowest BCUT2D eigenvalue weighted by atomic mass is 10.2. The number of likely N-dealkylation sites (tertiary alicyclic amines) is 1. The van der Waals surface area contributed by atoms with E-state index in [-0.39, 0.29) is 18.1 Å². The van der Waals surface area contributed by atoms with Gasteiger partial charge in [-0.2, -0.15) is 0 Å². The number of aliphatic hydroxyl groups excluding tert-OH is 1. The molecule has 15 heavy (non-hydrogen) atoms. The van der Waals surface area contributed by atoms with E-state index < -0.39 is 6.10 Å². The van der Waals surface area contributed by atoms with Crippen LogP contribution in [0.3, 0.4) is 0 Å². The van der Waals surface area contributed by atoms with E-state index in [0.29, 0.717) is 19.5 Å². The van der Waals surface area contributed by atoms with Crippen LogP contribution in [0.1, 0.15) is 13.3 Å². The standard InChI is InChI=1S/C10H19NO4/c1-7(14-2)5-11-6-8(12)4-9(11)10(13)15-3/h7-9,12H,4-6H2,1-3H3. The van der Waals surface area contributed by atoms with Crippen molar-refractivity contribution in [3.05, 3.63) is 0 Å². The molecule has 0 aliphatic carbocycles. The lowest BCUT2D eigenvalue weighted by molar-refractivity contribution is -0.146. The molecule has 5 heteroatoms. The van der Waals surface area contributed by atoms with Gasteiger partial charge in [0, 0.05) is 26.6 Å². The highest BCUT2D eigenvalue weighted by Crippen LogP contribution is 2.19. The van der Waals surface area contributed by atoms with Gasteiger partial charge in [-0.1, -0.05) is 0 Å². The summed E-state index contributed by atoms with van der Waals surface area (Å²) in [5, 5.41) is 9.51. The Morgan fingerprint density at radius 3 is 2.80 bits per heavy atom. The number of hydrogen-bond acceptors (Lipinski definition) is 5. The van der Waals surface area contributed by atoms with Gasteiger partial charge >= 0.3 is 5.97 Å². The molecule has 0 bridgehead atoms. The zero-order chi connectivity index (χ0) is 11.4. The van der Waals surface area contributed by atoms with Crippen molar-refractivity contribution in [2.24, 2.45) is 0 Å². The summed E-state index contributed by atoms with van der Waals surface area (Å²) in [6.07, 6.45) is 0.0453. The Hall–Kier alpha value is -0.650. The predicted molar refractivity (Wildman–Crippen MR) is 54.5 cm³/mol. The maximum absolute atomic E-state index is 11.4. The van der Waals surface area contributed by atoms with Gasteiger partial charge in [0.25, 0.3) is 0 Å². The van der Waals surface area contributed by atoms with Crippen molar-refractivity contribution in [2.75, 3.05) is 27.3 Å². The van der Waals surface area contributed by atoms with Crippen molar-refractivity contribution in [3.8, 4) is 0 Å². The molecule has 3 atom stereocenters. The third kappa shape index (κ3) is 3.15. The average Bonchev–Trinajstić information content (AvgIpc) is 2.58. The number of esters is 1. The zero-order valence-corrected chi connectivity index (χ0v) is 9.47. The van der Waals surface area contributed by atoms with E-state index in [4.69, 9.17) is 9.47 Å². The fraction of sp³-hybridized carbons (Fsp3) is 0.900. The molecule has 0 aromatic rings. The van der Waals surface area contributed by atoms with Gasteiger partial charge in [0.05, 0.1) is 19.3 Å². The van der Waals surface area contributed by atoms with Crippen LogP contribution in [0.2, 0.25) is 0 Å². The summed E-state index contributed by atoms with van der Waals surface area (Å²) in [5.41, 5.74) is 0. The van der Waals surface area contributed by atoms with Gasteiger partial charge in [-0.3, -0.25) is 9.69 Å². The second kappa shape index (κ2) is 5.44. The summed E-state index contributed by atoms with van der Waals surface area (Å²) < 4.78 is 9.83. The molecule has 0 spiro atoms. The minimum Gasteiger partial charge on any atom is -0.468 e. The monoisotopic (exact) mass is 217 g/mol. The third-order valence-corrected chi connectivity index (χ3v) is 2.75. The Labute approximate surface area is 90.0 Å². The minimum atomic E-state index is -0.446. The van der Waals surface area contributed by atoms with Crippen molar-refractivity contribution >= 4 is 5.97 Å². The van der Waals surface area contributed by atoms with E-state index in [2.05, 4.69) is 0 Å². The first-order valence-electron chi connectivity index (χ1n) is 5.11. The zero-order valence-electron chi connectivity index (χ0n) is 9.47. The first kappa shape index (κ1) is 12.4. The van der Waals surface area contributed by atoms with Gasteiger partial charge in [-0.05, 0) is 6.92 Å². The van der Waals surface area contributed by atoms with Crippen molar-refractivity contribution in [1.82, 2.24) is 4.90 Å². The van der Waals surface area contributed by atoms with E-state index >= 15 is 0 Å². The first-order chi connectivity index (χ1) is 7.08. The summed E-state index contributed by atoms with van der Waals surface area (Å²) in [5.74, 6) is -0.283. The molecule has 0 aromatic heterocycles. The molecule has 0 aromatic carbocycles. The van der Waals surface area contributed by atoms with Crippen LogP contribution in [0.25, 0.3) is 0 Å². The SMILES string of the molecule is COC(=O)C1CC(O)CN1CC(C)OC. The number of carbonyl (C=O) groups is 1. The fourth-order valence-electron chi connectivity index (χ4n) is 1.87. The van der Waals surface area contributed by atoms with Gasteiger partial charge in [-0.25, -0.2) is 0 Å². The lowest BCUT2D eigenvalue weighted by Crippen LogP contribution is -2.41. The van der Waals surface area contributed by atoms with E-state index in [0.717, 1.165) is 0 Å². The highest BCUT2D eigenvalue weighted by molar-refractivity contribution is 5.76. The molecule has 1 N–H and O–H groups in total. The van der Waals surface area contributed by atoms with Crippen LogP contribution < -0.4 is 0 Å². The van der Waals surface area contributed by atoms with E-state index in [1.807, 2.05) is 11.8 Å². The van der Waals surface area contributed by atoms with Gasteiger partial charge in [-0.15, -0.1) is 0 Å². The van der Waals surface area contributed by atoms with Crippen LogP contribution in [-0.2, 0) is 14.3 Å². The Bertz CT molecular complexity index is 221. The third-order valence-electron chi connectivity index (χ3n) is 2.75. The van der Waals surface area contributed by atoms with Crippen molar-refractivity contribution in [3.63, 3.8) is 0 Å². The molecule has 1 rings (SSSR count). The molecule has 1 aliphatic heterocycles. The minimum absolute atomic E-state index is 0.0439. The number of β-amino-alcohol motifs (C(OH)–C–C–N with tert-alkyl or cyclic N) is 1. The number of nitrogens with zero attached hydrogens (tertiary/aromatic N) is 1. The molecule has 0 radical (unpaired) electrons. The van der Waals surface area contributed by atoms with Crippen molar-refractivity contribution in [2.45, 2.75) is 31.6 Å². The Morgan fingerprint density at radius 2 is 2.27 bits per heavy atom. The predicted octanol–water partition coefficient (Wildman–Crippen LogP) is -0.371. The van der Waals surface area contributed by atoms with Crippen LogP contribution in [0, 0.1) is 0 Å². The van der Waals surface area contributed by atoms with Gasteiger partial charge in [0.2, 0.25) is 0 Å². The Morgan fingerprint density at radius 1 is 1.60 bits per heavy atom. The maximum atomic E-state index is 11.4. The molecule has 5 nitrogen and oxygen atoms in total. The van der Waals surface area contributed by atoms with Crippen LogP contribution in [0.5, 0.6) is 0 Å². The van der Waals surface area contributed by atoms with E-state index in [9.17, 15) is 9.90 Å². The molecule has 0 saturated carbocycles. The lowest BCUT2D eigenvalue weighted by Gasteiger charge is -2.24. The topological polar surface area (TPSA) is 59.0 Å². The Kier molecular flexibility index (Phi) is 4.50. The summed E-state index contributed by atoms with van der Waals surface area (Å²) in [7, 11) is 3.00. The average molecular weight is 217 g/mol. The number of rotatable bonds is 4. The molecule has 1 heterocycles. The van der Waals surface area contributed by atoms with E-state index in [1.165, 1.54) is 7.11 Å². The number of carbonyl (C=O) groups excluding carboxylic acids is 1. The number of aliphatic hydroxyl groups is 1. The normalized spacial score (nSPS) is 29.1. The fourth-order valence-corrected chi connectivity index (χ4v) is 1.87. The molecule has 1 fully saturated rings. The second-order valence-electron chi connectivity index (χ2n) is 3.93. The highest BCUT2D eigenvalue weighted by Gasteiger charge is 2.37. The van der Waals surface area contributed by atoms with Crippen LogP contribution in [-0.4, -0.2) is 61.5 Å². The van der Waals surface area contributed by atoms with Crippen LogP contribution in [0.15, 0.2) is 0 Å². The Balaban J connectivity index is 2.56. The number of methoxy groups -OCH3 is 2. The molecule has 0 amide bonds. The van der Waals surface area contributed by atoms with E-state index in [1.54, 1.807) is 7.11 Å². The highest BCUT2D eigenvalue weighted by atomic mass is 16.5. The maximum Gasteiger partial charge on any atom is 0.323 e. The smallest absolute Gasteiger partial charge is 0.323 e. The van der Waals surface area contributed by atoms with Crippen LogP contribution in [0.4, 0.5) is 0 Å². The summed E-state index contributed by atoms with van der Waals surface area (Å²) in [6, 6.07) is -0.331. The van der Waals surface area contributed by atoms with Crippen molar-refractivity contribution < 1.29 is 19.4 Å². The van der Waals surface area contributed by atoms with Crippen LogP contribution >= 0.6 is 0 Å². The van der Waals surface area contributed by atoms with Crippen molar-refractivity contribution in [1.29, 1.82) is 0 Å². The second-order valence-corrected chi connectivity index (χ2v) is 3.93. The summed E-state index contributed by atoms with van der Waals surface area (Å²) in [4.78, 5) is 13.3. The molecule has 88 valence electrons. The summed E-state index contributed by atoms with van der Waals surface area (Å²) in [6.45, 7) is 3.07. The molecule has 3 unspecified atom stereocenters. The summed E-state index contributed by atoms with van der Waals surface area (Å²) >= 11 is 0. The number of hydrogen-bond donors (Lipinski definition) is 1. The van der Waals surface area contributed by atoms with Gasteiger partial charge in [0.1, 0.15) is 6.04 Å². The van der Waals surface area contributed by atoms with Gasteiger partial charge < -0.3 is 14.6 Å². The first-order valence-corrected chi connectivity index (χ1v) is 5.11. The number of ether oxygens (including phenoxy) is 2. The molecule has 1 saturated heterocycles.